The van der Waals surface area contributed by atoms with Gasteiger partial charge in [-0.25, -0.2) is 4.39 Å². The number of rotatable bonds is 10. The Morgan fingerprint density at radius 1 is 1.32 bits per heavy atom. The fraction of sp³-hybridized carbons (Fsp3) is 0.500. The molecule has 122 valence electrons. The average Bonchev–Trinajstić information content (AvgIpc) is 2.45. The Morgan fingerprint density at radius 3 is 2.59 bits per heavy atom. The maximum Gasteiger partial charge on any atom is 0.305 e. The van der Waals surface area contributed by atoms with Crippen molar-refractivity contribution in [1.82, 2.24) is 5.32 Å². The van der Waals surface area contributed by atoms with Crippen LogP contribution in [0.5, 0.6) is 0 Å². The zero-order valence-corrected chi connectivity index (χ0v) is 13.5. The van der Waals surface area contributed by atoms with Gasteiger partial charge in [0.2, 0.25) is 5.91 Å². The molecule has 0 bridgehead atoms. The Labute approximate surface area is 134 Å². The van der Waals surface area contributed by atoms with E-state index in [1.54, 1.807) is 23.9 Å². The average molecular weight is 327 g/mol. The SMILES string of the molecule is CCC[C@@H](CC(=O)O)NC(=O)CCSCc1ccc(F)cc1. The lowest BCUT2D eigenvalue weighted by atomic mass is 10.1. The minimum atomic E-state index is -0.899. The topological polar surface area (TPSA) is 66.4 Å². The number of benzene rings is 1. The summed E-state index contributed by atoms with van der Waals surface area (Å²) in [7, 11) is 0. The Bertz CT molecular complexity index is 479. The summed E-state index contributed by atoms with van der Waals surface area (Å²) in [4.78, 5) is 22.5. The molecule has 2 N–H and O–H groups in total. The number of amides is 1. The quantitative estimate of drug-likeness (QED) is 0.648. The maximum atomic E-state index is 12.8. The van der Waals surface area contributed by atoms with Crippen LogP contribution in [-0.2, 0) is 15.3 Å². The summed E-state index contributed by atoms with van der Waals surface area (Å²) < 4.78 is 12.8. The van der Waals surface area contributed by atoms with Crippen LogP contribution < -0.4 is 5.32 Å². The van der Waals surface area contributed by atoms with Gasteiger partial charge in [-0.2, -0.15) is 11.8 Å². The van der Waals surface area contributed by atoms with Gasteiger partial charge in [-0.15, -0.1) is 0 Å². The Balaban J connectivity index is 2.24. The summed E-state index contributed by atoms with van der Waals surface area (Å²) in [5, 5.41) is 11.6. The van der Waals surface area contributed by atoms with Crippen LogP contribution >= 0.6 is 11.8 Å². The van der Waals surface area contributed by atoms with E-state index in [-0.39, 0.29) is 24.2 Å². The van der Waals surface area contributed by atoms with Gasteiger partial charge in [-0.05, 0) is 24.1 Å². The molecule has 6 heteroatoms. The van der Waals surface area contributed by atoms with E-state index in [0.29, 0.717) is 18.6 Å². The van der Waals surface area contributed by atoms with Crippen molar-refractivity contribution >= 4 is 23.6 Å². The molecule has 22 heavy (non-hydrogen) atoms. The van der Waals surface area contributed by atoms with Crippen LogP contribution in [0.3, 0.4) is 0 Å². The molecule has 1 amide bonds. The number of carboxylic acid groups (broad SMARTS) is 1. The predicted molar refractivity (Wildman–Crippen MR) is 86.3 cm³/mol. The largest absolute Gasteiger partial charge is 0.481 e. The van der Waals surface area contributed by atoms with Gasteiger partial charge in [0.05, 0.1) is 6.42 Å². The van der Waals surface area contributed by atoms with E-state index >= 15 is 0 Å². The van der Waals surface area contributed by atoms with Crippen molar-refractivity contribution in [3.8, 4) is 0 Å². The van der Waals surface area contributed by atoms with Gasteiger partial charge >= 0.3 is 5.97 Å². The second-order valence-corrected chi connectivity index (χ2v) is 6.19. The number of carbonyl (C=O) groups is 2. The van der Waals surface area contributed by atoms with Gasteiger partial charge in [-0.1, -0.05) is 25.5 Å². The van der Waals surface area contributed by atoms with E-state index in [4.69, 9.17) is 5.11 Å². The molecule has 0 aliphatic carbocycles. The summed E-state index contributed by atoms with van der Waals surface area (Å²) >= 11 is 1.60. The van der Waals surface area contributed by atoms with Crippen LogP contribution in [0.25, 0.3) is 0 Å². The highest BCUT2D eigenvalue weighted by Crippen LogP contribution is 2.13. The van der Waals surface area contributed by atoms with Crippen molar-refractivity contribution in [2.75, 3.05) is 5.75 Å². The van der Waals surface area contributed by atoms with Gasteiger partial charge in [-0.3, -0.25) is 9.59 Å². The Kier molecular flexibility index (Phi) is 8.58. The first kappa shape index (κ1) is 18.5. The molecule has 1 rings (SSSR count). The first-order valence-electron chi connectivity index (χ1n) is 7.34. The summed E-state index contributed by atoms with van der Waals surface area (Å²) in [6.07, 6.45) is 1.81. The van der Waals surface area contributed by atoms with Crippen molar-refractivity contribution in [2.45, 2.75) is 44.4 Å². The smallest absolute Gasteiger partial charge is 0.305 e. The zero-order chi connectivity index (χ0) is 16.4. The number of hydrogen-bond donors (Lipinski definition) is 2. The lowest BCUT2D eigenvalue weighted by Crippen LogP contribution is -2.36. The molecule has 0 aromatic heterocycles. The van der Waals surface area contributed by atoms with Gasteiger partial charge in [0.25, 0.3) is 0 Å². The highest BCUT2D eigenvalue weighted by molar-refractivity contribution is 7.98. The number of nitrogens with one attached hydrogen (secondary N) is 1. The Hall–Kier alpha value is -1.56. The fourth-order valence-electron chi connectivity index (χ4n) is 2.02. The molecule has 1 atom stereocenters. The summed E-state index contributed by atoms with van der Waals surface area (Å²) in [5.74, 6) is 0.0974. The van der Waals surface area contributed by atoms with Crippen molar-refractivity contribution in [3.05, 3.63) is 35.6 Å². The van der Waals surface area contributed by atoms with Gasteiger partial charge < -0.3 is 10.4 Å². The van der Waals surface area contributed by atoms with E-state index in [0.717, 1.165) is 17.7 Å². The highest BCUT2D eigenvalue weighted by atomic mass is 32.2. The van der Waals surface area contributed by atoms with E-state index in [1.165, 1.54) is 12.1 Å². The molecule has 0 heterocycles. The third kappa shape index (κ3) is 8.02. The summed E-state index contributed by atoms with van der Waals surface area (Å²) in [5.41, 5.74) is 1.02. The Morgan fingerprint density at radius 2 is 2.00 bits per heavy atom. The lowest BCUT2D eigenvalue weighted by Gasteiger charge is -2.15. The lowest BCUT2D eigenvalue weighted by molar-refractivity contribution is -0.137. The number of hydrogen-bond acceptors (Lipinski definition) is 3. The molecule has 0 radical (unpaired) electrons. The van der Waals surface area contributed by atoms with Crippen LogP contribution in [0.1, 0.15) is 38.2 Å². The van der Waals surface area contributed by atoms with Crippen molar-refractivity contribution in [3.63, 3.8) is 0 Å². The normalized spacial score (nSPS) is 11.9. The first-order chi connectivity index (χ1) is 10.5. The molecule has 0 unspecified atom stereocenters. The number of aliphatic carboxylic acids is 1. The van der Waals surface area contributed by atoms with Crippen LogP contribution in [0.15, 0.2) is 24.3 Å². The van der Waals surface area contributed by atoms with Crippen LogP contribution in [0, 0.1) is 5.82 Å². The molecule has 0 spiro atoms. The molecule has 1 aromatic rings. The monoisotopic (exact) mass is 327 g/mol. The molecular formula is C16H22FNO3S. The molecule has 0 aliphatic rings. The number of carbonyl (C=O) groups excluding carboxylic acids is 1. The zero-order valence-electron chi connectivity index (χ0n) is 12.7. The second-order valence-electron chi connectivity index (χ2n) is 5.08. The molecule has 0 saturated heterocycles. The summed E-state index contributed by atoms with van der Waals surface area (Å²) in [6, 6.07) is 6.00. The van der Waals surface area contributed by atoms with E-state index in [1.807, 2.05) is 6.92 Å². The molecular weight excluding hydrogens is 305 g/mol. The van der Waals surface area contributed by atoms with E-state index < -0.39 is 5.97 Å². The van der Waals surface area contributed by atoms with Crippen molar-refractivity contribution in [1.29, 1.82) is 0 Å². The number of carboxylic acids is 1. The fourth-order valence-corrected chi connectivity index (χ4v) is 2.92. The first-order valence-corrected chi connectivity index (χ1v) is 8.50. The van der Waals surface area contributed by atoms with Gasteiger partial charge in [0, 0.05) is 24.0 Å². The number of thioether (sulfide) groups is 1. The van der Waals surface area contributed by atoms with Gasteiger partial charge in [0.15, 0.2) is 0 Å². The maximum absolute atomic E-state index is 12.8. The molecule has 4 nitrogen and oxygen atoms in total. The van der Waals surface area contributed by atoms with E-state index in [9.17, 15) is 14.0 Å². The number of halogens is 1. The van der Waals surface area contributed by atoms with Crippen molar-refractivity contribution < 1.29 is 19.1 Å². The van der Waals surface area contributed by atoms with Crippen molar-refractivity contribution in [2.24, 2.45) is 0 Å². The van der Waals surface area contributed by atoms with Crippen LogP contribution in [-0.4, -0.2) is 28.8 Å². The minimum Gasteiger partial charge on any atom is -0.481 e. The molecule has 0 fully saturated rings. The minimum absolute atomic E-state index is 0.0394. The van der Waals surface area contributed by atoms with E-state index in [2.05, 4.69) is 5.32 Å². The molecule has 1 aromatic carbocycles. The molecule has 0 saturated carbocycles. The summed E-state index contributed by atoms with van der Waals surface area (Å²) in [6.45, 7) is 1.96. The third-order valence-corrected chi connectivity index (χ3v) is 4.11. The molecule has 0 aliphatic heterocycles. The van der Waals surface area contributed by atoms with Gasteiger partial charge in [0.1, 0.15) is 5.82 Å². The third-order valence-electron chi connectivity index (χ3n) is 3.08. The predicted octanol–water partition coefficient (Wildman–Crippen LogP) is 3.21. The second kappa shape index (κ2) is 10.2. The highest BCUT2D eigenvalue weighted by Gasteiger charge is 2.14. The van der Waals surface area contributed by atoms with Crippen LogP contribution in [0.2, 0.25) is 0 Å². The van der Waals surface area contributed by atoms with Crippen LogP contribution in [0.4, 0.5) is 4.39 Å². The standard InChI is InChI=1S/C16H22FNO3S/c1-2-3-14(10-16(20)21)18-15(19)8-9-22-11-12-4-6-13(17)7-5-12/h4-7,14H,2-3,8-11H2,1H3,(H,18,19)(H,20,21)/t14-/m0/s1.